The Morgan fingerprint density at radius 2 is 2.03 bits per heavy atom. The smallest absolute Gasteiger partial charge is 0.260 e. The normalized spacial score (nSPS) is 19.3. The van der Waals surface area contributed by atoms with Crippen LogP contribution in [0.25, 0.3) is 0 Å². The van der Waals surface area contributed by atoms with E-state index in [4.69, 9.17) is 15.7 Å². The Labute approximate surface area is 192 Å². The molecule has 1 aliphatic heterocycles. The van der Waals surface area contributed by atoms with Gasteiger partial charge in [-0.1, -0.05) is 11.3 Å². The average molecular weight is 469 g/mol. The van der Waals surface area contributed by atoms with Gasteiger partial charge in [0.1, 0.15) is 16.5 Å². The number of primary amides is 1. The Morgan fingerprint density at radius 1 is 1.15 bits per heavy atom. The lowest BCUT2D eigenvalue weighted by Gasteiger charge is -2.16. The summed E-state index contributed by atoms with van der Waals surface area (Å²) in [7, 11) is 0. The zero-order valence-corrected chi connectivity index (χ0v) is 18.3. The van der Waals surface area contributed by atoms with Gasteiger partial charge in [-0.2, -0.15) is 4.39 Å². The third-order valence-corrected chi connectivity index (χ3v) is 6.62. The molecule has 10 nitrogen and oxygen atoms in total. The van der Waals surface area contributed by atoms with Crippen molar-refractivity contribution in [3.05, 3.63) is 52.4 Å². The van der Waals surface area contributed by atoms with Crippen molar-refractivity contribution in [2.24, 2.45) is 5.73 Å². The molecule has 4 heterocycles. The summed E-state index contributed by atoms with van der Waals surface area (Å²) in [5, 5.41) is 9.81. The highest BCUT2D eigenvalue weighted by Gasteiger charge is 2.33. The number of thiazole rings is 1. The zero-order valence-electron chi connectivity index (χ0n) is 17.5. The minimum atomic E-state index is -0.603. The molecule has 5 N–H and O–H groups in total. The van der Waals surface area contributed by atoms with Crippen LogP contribution >= 0.6 is 11.3 Å². The van der Waals surface area contributed by atoms with Gasteiger partial charge in [0.05, 0.1) is 30.2 Å². The summed E-state index contributed by atoms with van der Waals surface area (Å²) in [6.07, 6.45) is 6.74. The van der Waals surface area contributed by atoms with Crippen molar-refractivity contribution in [2.75, 3.05) is 10.6 Å². The van der Waals surface area contributed by atoms with Crippen molar-refractivity contribution >= 4 is 39.8 Å². The second kappa shape index (κ2) is 8.79. The summed E-state index contributed by atoms with van der Waals surface area (Å²) >= 11 is 1.17. The molecule has 1 aliphatic carbocycles. The van der Waals surface area contributed by atoms with Crippen LogP contribution in [0, 0.1) is 5.95 Å². The second-order valence-corrected chi connectivity index (χ2v) is 8.97. The first-order valence-electron chi connectivity index (χ1n) is 10.6. The molecule has 2 atom stereocenters. The largest absolute Gasteiger partial charge is 0.365 e. The van der Waals surface area contributed by atoms with Crippen LogP contribution in [0.2, 0.25) is 0 Å². The first-order valence-corrected chi connectivity index (χ1v) is 11.4. The SMILES string of the molecule is NC(=O)c1cnc(Nc2nc(C3CCC(C(=O)Nc4ccc(F)nc4)N3)nc3c2CCC3)s1. The van der Waals surface area contributed by atoms with E-state index in [0.29, 0.717) is 40.2 Å². The Hall–Kier alpha value is -3.51. The maximum absolute atomic E-state index is 13.0. The molecule has 33 heavy (non-hydrogen) atoms. The van der Waals surface area contributed by atoms with Crippen molar-refractivity contribution in [1.82, 2.24) is 25.3 Å². The molecular formula is C21H21FN8O2S. The first-order chi connectivity index (χ1) is 16.0. The zero-order chi connectivity index (χ0) is 22.9. The topological polar surface area (TPSA) is 148 Å². The van der Waals surface area contributed by atoms with Crippen LogP contribution in [0.4, 0.5) is 21.0 Å². The van der Waals surface area contributed by atoms with Crippen LogP contribution in [0.5, 0.6) is 0 Å². The van der Waals surface area contributed by atoms with Gasteiger partial charge in [-0.25, -0.2) is 19.9 Å². The number of nitrogens with zero attached hydrogens (tertiary/aromatic N) is 4. The van der Waals surface area contributed by atoms with E-state index in [1.54, 1.807) is 0 Å². The molecule has 12 heteroatoms. The highest BCUT2D eigenvalue weighted by molar-refractivity contribution is 7.17. The summed E-state index contributed by atoms with van der Waals surface area (Å²) in [4.78, 5) is 41.7. The van der Waals surface area contributed by atoms with E-state index in [0.717, 1.165) is 30.5 Å². The average Bonchev–Trinajstić information content (AvgIpc) is 3.55. The van der Waals surface area contributed by atoms with E-state index in [1.807, 2.05) is 0 Å². The third-order valence-electron chi connectivity index (χ3n) is 5.69. The maximum atomic E-state index is 13.0. The molecule has 1 fully saturated rings. The number of aryl methyl sites for hydroxylation is 1. The quantitative estimate of drug-likeness (QED) is 0.403. The standard InChI is InChI=1S/C21H21FN8O2S/c22-16-7-4-10(8-24-16)26-20(32)14-6-5-13(27-14)19-28-12-3-1-2-11(12)18(29-19)30-21-25-9-15(33-21)17(23)31/h4,7-9,13-14,27H,1-3,5-6H2,(H2,23,31)(H,26,32)(H,25,28,29,30). The molecule has 0 saturated carbocycles. The molecule has 0 aromatic carbocycles. The third kappa shape index (κ3) is 4.52. The predicted octanol–water partition coefficient (Wildman–Crippen LogP) is 2.23. The van der Waals surface area contributed by atoms with E-state index in [9.17, 15) is 14.0 Å². The van der Waals surface area contributed by atoms with Crippen LogP contribution in [-0.2, 0) is 17.6 Å². The molecule has 1 saturated heterocycles. The Morgan fingerprint density at radius 3 is 2.79 bits per heavy atom. The van der Waals surface area contributed by atoms with E-state index in [-0.39, 0.29) is 11.9 Å². The van der Waals surface area contributed by atoms with Crippen LogP contribution in [0.1, 0.15) is 52.1 Å². The Kier molecular flexibility index (Phi) is 5.68. The van der Waals surface area contributed by atoms with Crippen molar-refractivity contribution in [3.8, 4) is 0 Å². The number of hydrogen-bond donors (Lipinski definition) is 4. The van der Waals surface area contributed by atoms with Gasteiger partial charge in [-0.3, -0.25) is 14.9 Å². The Balaban J connectivity index is 1.32. The van der Waals surface area contributed by atoms with Gasteiger partial charge in [0, 0.05) is 11.3 Å². The summed E-state index contributed by atoms with van der Waals surface area (Å²) in [6, 6.07) is 2.06. The number of carbonyl (C=O) groups is 2. The van der Waals surface area contributed by atoms with E-state index >= 15 is 0 Å². The number of pyridine rings is 1. The second-order valence-electron chi connectivity index (χ2n) is 7.94. The number of aromatic nitrogens is 4. The molecule has 0 radical (unpaired) electrons. The lowest BCUT2D eigenvalue weighted by atomic mass is 10.1. The number of nitrogens with one attached hydrogen (secondary N) is 3. The van der Waals surface area contributed by atoms with Gasteiger partial charge in [0.2, 0.25) is 11.9 Å². The molecule has 5 rings (SSSR count). The van der Waals surface area contributed by atoms with Crippen molar-refractivity contribution in [1.29, 1.82) is 0 Å². The number of fused-ring (bicyclic) bond motifs is 1. The fourth-order valence-corrected chi connectivity index (χ4v) is 4.76. The summed E-state index contributed by atoms with van der Waals surface area (Å²) in [6.45, 7) is 0. The molecule has 2 aliphatic rings. The van der Waals surface area contributed by atoms with E-state index in [2.05, 4.69) is 25.9 Å². The lowest BCUT2D eigenvalue weighted by molar-refractivity contribution is -0.117. The summed E-state index contributed by atoms with van der Waals surface area (Å²) < 4.78 is 13.0. The fourth-order valence-electron chi connectivity index (χ4n) is 4.09. The highest BCUT2D eigenvalue weighted by atomic mass is 32.1. The van der Waals surface area contributed by atoms with Crippen LogP contribution in [-0.4, -0.2) is 37.8 Å². The number of halogens is 1. The molecule has 170 valence electrons. The van der Waals surface area contributed by atoms with Crippen LogP contribution < -0.4 is 21.7 Å². The molecule has 3 aromatic heterocycles. The van der Waals surface area contributed by atoms with Gasteiger partial charge in [0.25, 0.3) is 5.91 Å². The van der Waals surface area contributed by atoms with Crippen LogP contribution in [0.15, 0.2) is 24.5 Å². The molecule has 2 amide bonds. The number of amides is 2. The number of hydrogen-bond acceptors (Lipinski definition) is 9. The molecular weight excluding hydrogens is 447 g/mol. The minimum Gasteiger partial charge on any atom is -0.365 e. The van der Waals surface area contributed by atoms with Gasteiger partial charge in [-0.15, -0.1) is 0 Å². The molecule has 2 unspecified atom stereocenters. The van der Waals surface area contributed by atoms with Crippen molar-refractivity contribution in [3.63, 3.8) is 0 Å². The van der Waals surface area contributed by atoms with E-state index in [1.165, 1.54) is 35.9 Å². The number of carbonyl (C=O) groups excluding carboxylic acids is 2. The fraction of sp³-hybridized carbons (Fsp3) is 0.333. The highest BCUT2D eigenvalue weighted by Crippen LogP contribution is 2.33. The van der Waals surface area contributed by atoms with Gasteiger partial charge < -0.3 is 16.4 Å². The monoisotopic (exact) mass is 468 g/mol. The minimum absolute atomic E-state index is 0.184. The van der Waals surface area contributed by atoms with Crippen molar-refractivity contribution in [2.45, 2.75) is 44.2 Å². The lowest BCUT2D eigenvalue weighted by Crippen LogP contribution is -2.37. The van der Waals surface area contributed by atoms with Crippen LogP contribution in [0.3, 0.4) is 0 Å². The first kappa shape index (κ1) is 21.3. The maximum Gasteiger partial charge on any atom is 0.260 e. The number of anilines is 3. The molecule has 3 aromatic rings. The summed E-state index contributed by atoms with van der Waals surface area (Å²) in [5.74, 6) is -0.0559. The van der Waals surface area contributed by atoms with E-state index < -0.39 is 17.9 Å². The Bertz CT molecular complexity index is 1220. The van der Waals surface area contributed by atoms with Crippen molar-refractivity contribution < 1.29 is 14.0 Å². The van der Waals surface area contributed by atoms with Gasteiger partial charge >= 0.3 is 0 Å². The molecule has 0 spiro atoms. The van der Waals surface area contributed by atoms with Gasteiger partial charge in [-0.05, 0) is 44.2 Å². The van der Waals surface area contributed by atoms with Gasteiger partial charge in [0.15, 0.2) is 5.13 Å². The summed E-state index contributed by atoms with van der Waals surface area (Å²) in [5.41, 5.74) is 7.80. The number of rotatable bonds is 6. The number of nitrogens with two attached hydrogens (primary N) is 1. The molecule has 0 bridgehead atoms. The predicted molar refractivity (Wildman–Crippen MR) is 120 cm³/mol.